The number of fused-ring (bicyclic) bond motifs is 1. The summed E-state index contributed by atoms with van der Waals surface area (Å²) in [4.78, 5) is 14.8. The Labute approximate surface area is 193 Å². The summed E-state index contributed by atoms with van der Waals surface area (Å²) in [7, 11) is -3.66. The molecule has 0 aliphatic carbocycles. The molecule has 0 spiro atoms. The molecule has 33 heavy (non-hydrogen) atoms. The van der Waals surface area contributed by atoms with E-state index in [2.05, 4.69) is 5.10 Å². The summed E-state index contributed by atoms with van der Waals surface area (Å²) >= 11 is 0. The Bertz CT molecular complexity index is 1280. The average molecular weight is 473 g/mol. The SMILES string of the molecule is CCN(CC)C(=O)c1cnn2ccc(C3CCN(S(=O)(=O)c4ccc(F)c(C)c4)CC3)cc12. The van der Waals surface area contributed by atoms with Gasteiger partial charge in [0.15, 0.2) is 0 Å². The molecule has 1 fully saturated rings. The Morgan fingerprint density at radius 1 is 1.15 bits per heavy atom. The van der Waals surface area contributed by atoms with E-state index in [1.807, 2.05) is 32.2 Å². The fraction of sp³-hybridized carbons (Fsp3) is 0.417. The summed E-state index contributed by atoms with van der Waals surface area (Å²) in [5.41, 5.74) is 2.73. The molecular formula is C24H29FN4O3S. The van der Waals surface area contributed by atoms with Crippen LogP contribution < -0.4 is 0 Å². The first-order valence-electron chi connectivity index (χ1n) is 11.3. The Kier molecular flexibility index (Phi) is 6.54. The lowest BCUT2D eigenvalue weighted by Gasteiger charge is -2.31. The van der Waals surface area contributed by atoms with Crippen molar-refractivity contribution in [3.63, 3.8) is 0 Å². The zero-order valence-electron chi connectivity index (χ0n) is 19.2. The van der Waals surface area contributed by atoms with E-state index in [9.17, 15) is 17.6 Å². The number of pyridine rings is 1. The second-order valence-corrected chi connectivity index (χ2v) is 10.4. The Morgan fingerprint density at radius 3 is 2.48 bits per heavy atom. The van der Waals surface area contributed by atoms with E-state index in [1.54, 1.807) is 22.5 Å². The minimum Gasteiger partial charge on any atom is -0.339 e. The summed E-state index contributed by atoms with van der Waals surface area (Å²) in [6.07, 6.45) is 4.81. The number of sulfonamides is 1. The molecule has 7 nitrogen and oxygen atoms in total. The van der Waals surface area contributed by atoms with Crippen molar-refractivity contribution in [3.8, 4) is 0 Å². The zero-order valence-corrected chi connectivity index (χ0v) is 20.0. The maximum atomic E-state index is 13.6. The van der Waals surface area contributed by atoms with Gasteiger partial charge in [-0.2, -0.15) is 9.40 Å². The molecule has 0 radical (unpaired) electrons. The third-order valence-corrected chi connectivity index (χ3v) is 8.41. The van der Waals surface area contributed by atoms with Crippen molar-refractivity contribution in [1.82, 2.24) is 18.8 Å². The van der Waals surface area contributed by atoms with Gasteiger partial charge in [-0.3, -0.25) is 4.79 Å². The van der Waals surface area contributed by atoms with Gasteiger partial charge in [-0.25, -0.2) is 17.3 Å². The lowest BCUT2D eigenvalue weighted by molar-refractivity contribution is 0.0775. The highest BCUT2D eigenvalue weighted by atomic mass is 32.2. The molecule has 4 rings (SSSR count). The number of aromatic nitrogens is 2. The molecule has 3 heterocycles. The average Bonchev–Trinajstić information content (AvgIpc) is 3.25. The van der Waals surface area contributed by atoms with Crippen LogP contribution in [0.1, 0.15) is 54.1 Å². The maximum Gasteiger partial charge on any atom is 0.257 e. The van der Waals surface area contributed by atoms with Crippen molar-refractivity contribution < 1.29 is 17.6 Å². The fourth-order valence-electron chi connectivity index (χ4n) is 4.45. The van der Waals surface area contributed by atoms with Crippen molar-refractivity contribution in [2.75, 3.05) is 26.2 Å². The van der Waals surface area contributed by atoms with Crippen LogP contribution in [0.25, 0.3) is 5.52 Å². The first kappa shape index (κ1) is 23.4. The number of hydrogen-bond acceptors (Lipinski definition) is 4. The maximum absolute atomic E-state index is 13.6. The van der Waals surface area contributed by atoms with E-state index in [-0.39, 0.29) is 16.7 Å². The van der Waals surface area contributed by atoms with Crippen molar-refractivity contribution in [3.05, 3.63) is 65.2 Å². The molecule has 9 heteroatoms. The number of rotatable bonds is 6. The van der Waals surface area contributed by atoms with E-state index in [0.717, 1.165) is 11.1 Å². The highest BCUT2D eigenvalue weighted by Crippen LogP contribution is 2.32. The fourth-order valence-corrected chi connectivity index (χ4v) is 6.01. The summed E-state index contributed by atoms with van der Waals surface area (Å²) in [5, 5.41) is 4.32. The van der Waals surface area contributed by atoms with E-state index >= 15 is 0 Å². The molecule has 3 aromatic rings. The molecule has 1 amide bonds. The van der Waals surface area contributed by atoms with Gasteiger partial charge in [-0.1, -0.05) is 0 Å². The number of hydrogen-bond donors (Lipinski definition) is 0. The summed E-state index contributed by atoms with van der Waals surface area (Å²) in [6.45, 7) is 7.51. The minimum atomic E-state index is -3.66. The molecule has 1 aromatic carbocycles. The van der Waals surface area contributed by atoms with Crippen LogP contribution in [-0.2, 0) is 10.0 Å². The lowest BCUT2D eigenvalue weighted by atomic mass is 9.90. The van der Waals surface area contributed by atoms with Crippen LogP contribution >= 0.6 is 0 Å². The van der Waals surface area contributed by atoms with Crippen LogP contribution in [0.3, 0.4) is 0 Å². The van der Waals surface area contributed by atoms with Gasteiger partial charge in [0.25, 0.3) is 5.91 Å². The highest BCUT2D eigenvalue weighted by molar-refractivity contribution is 7.89. The van der Waals surface area contributed by atoms with Gasteiger partial charge in [0.05, 0.1) is 22.2 Å². The number of piperidine rings is 1. The number of halogens is 1. The van der Waals surface area contributed by atoms with Crippen LogP contribution in [0, 0.1) is 12.7 Å². The Balaban J connectivity index is 1.53. The summed E-state index contributed by atoms with van der Waals surface area (Å²) in [6, 6.07) is 7.91. The van der Waals surface area contributed by atoms with E-state index in [1.165, 1.54) is 22.5 Å². The highest BCUT2D eigenvalue weighted by Gasteiger charge is 2.30. The van der Waals surface area contributed by atoms with Crippen molar-refractivity contribution in [1.29, 1.82) is 0 Å². The first-order chi connectivity index (χ1) is 15.8. The second-order valence-electron chi connectivity index (χ2n) is 8.41. The number of nitrogens with zero attached hydrogens (tertiary/aromatic N) is 4. The smallest absolute Gasteiger partial charge is 0.257 e. The number of carbonyl (C=O) groups is 1. The predicted molar refractivity (Wildman–Crippen MR) is 124 cm³/mol. The summed E-state index contributed by atoms with van der Waals surface area (Å²) < 4.78 is 42.8. The zero-order chi connectivity index (χ0) is 23.8. The van der Waals surface area contributed by atoms with E-state index in [4.69, 9.17) is 0 Å². The Hall–Kier alpha value is -2.78. The van der Waals surface area contributed by atoms with Gasteiger partial charge in [0.2, 0.25) is 10.0 Å². The minimum absolute atomic E-state index is 0.0392. The molecule has 2 aromatic heterocycles. The van der Waals surface area contributed by atoms with Gasteiger partial charge in [-0.05, 0) is 81.0 Å². The van der Waals surface area contributed by atoms with Crippen LogP contribution in [0.5, 0.6) is 0 Å². The summed E-state index contributed by atoms with van der Waals surface area (Å²) in [5.74, 6) is -0.271. The molecule has 0 saturated carbocycles. The van der Waals surface area contributed by atoms with Crippen LogP contribution in [-0.4, -0.2) is 59.3 Å². The number of aryl methyl sites for hydroxylation is 1. The first-order valence-corrected chi connectivity index (χ1v) is 12.7. The predicted octanol–water partition coefficient (Wildman–Crippen LogP) is 3.83. The molecule has 1 aliphatic heterocycles. The van der Waals surface area contributed by atoms with Gasteiger partial charge in [0.1, 0.15) is 5.82 Å². The third-order valence-electron chi connectivity index (χ3n) is 6.52. The normalized spacial score (nSPS) is 15.8. The molecule has 1 aliphatic rings. The monoisotopic (exact) mass is 472 g/mol. The van der Waals surface area contributed by atoms with Gasteiger partial charge in [-0.15, -0.1) is 0 Å². The van der Waals surface area contributed by atoms with Gasteiger partial charge >= 0.3 is 0 Å². The van der Waals surface area contributed by atoms with Crippen LogP contribution in [0.4, 0.5) is 4.39 Å². The number of amides is 1. The van der Waals surface area contributed by atoms with Crippen LogP contribution in [0.2, 0.25) is 0 Å². The Morgan fingerprint density at radius 2 is 1.85 bits per heavy atom. The van der Waals surface area contributed by atoms with Crippen molar-refractivity contribution in [2.45, 2.75) is 44.4 Å². The van der Waals surface area contributed by atoms with Crippen molar-refractivity contribution >= 4 is 21.4 Å². The topological polar surface area (TPSA) is 75.0 Å². The van der Waals surface area contributed by atoms with Gasteiger partial charge in [0, 0.05) is 32.4 Å². The van der Waals surface area contributed by atoms with Crippen molar-refractivity contribution in [2.24, 2.45) is 0 Å². The third kappa shape index (κ3) is 4.39. The largest absolute Gasteiger partial charge is 0.339 e. The number of benzene rings is 1. The van der Waals surface area contributed by atoms with E-state index < -0.39 is 15.8 Å². The van der Waals surface area contributed by atoms with E-state index in [0.29, 0.717) is 50.1 Å². The molecule has 0 atom stereocenters. The number of carbonyl (C=O) groups excluding carboxylic acids is 1. The molecule has 0 unspecified atom stereocenters. The molecule has 1 saturated heterocycles. The quantitative estimate of drug-likeness (QED) is 0.547. The molecule has 0 bridgehead atoms. The molecular weight excluding hydrogens is 443 g/mol. The lowest BCUT2D eigenvalue weighted by Crippen LogP contribution is -2.38. The van der Waals surface area contributed by atoms with Gasteiger partial charge < -0.3 is 4.90 Å². The van der Waals surface area contributed by atoms with Crippen LogP contribution in [0.15, 0.2) is 47.6 Å². The molecule has 176 valence electrons. The second kappa shape index (κ2) is 9.23. The molecule has 0 N–H and O–H groups in total. The standard InChI is InChI=1S/C24H29FN4O3S/c1-4-27(5-2)24(30)21-16-26-29-13-10-19(15-23(21)29)18-8-11-28(12-9-18)33(31,32)20-6-7-22(25)17(3)14-20/h6-7,10,13-16,18H,4-5,8-9,11-12H2,1-3H3.